The van der Waals surface area contributed by atoms with Gasteiger partial charge in [-0.15, -0.1) is 0 Å². The molecule has 114 valence electrons. The molecule has 0 fully saturated rings. The molecule has 7 nitrogen and oxygen atoms in total. The Labute approximate surface area is 123 Å². The summed E-state index contributed by atoms with van der Waals surface area (Å²) < 4.78 is 0. The fourth-order valence-corrected chi connectivity index (χ4v) is 2.05. The number of rotatable bonds is 8. The van der Waals surface area contributed by atoms with Crippen LogP contribution in [0.15, 0.2) is 24.4 Å². The van der Waals surface area contributed by atoms with Gasteiger partial charge in [-0.25, -0.2) is 0 Å². The summed E-state index contributed by atoms with van der Waals surface area (Å²) in [5.41, 5.74) is -0.710. The number of nitro benzene ring substituents is 2. The summed E-state index contributed by atoms with van der Waals surface area (Å²) >= 11 is 0. The van der Waals surface area contributed by atoms with Crippen LogP contribution in [0, 0.1) is 20.2 Å². The molecule has 0 bridgehead atoms. The molecule has 0 atom stereocenters. The Morgan fingerprint density at radius 2 is 1.71 bits per heavy atom. The Morgan fingerprint density at radius 3 is 2.19 bits per heavy atom. The normalized spacial score (nSPS) is 10.8. The van der Waals surface area contributed by atoms with Gasteiger partial charge in [-0.1, -0.05) is 19.9 Å². The molecule has 0 amide bonds. The highest BCUT2D eigenvalue weighted by atomic mass is 16.6. The van der Waals surface area contributed by atoms with Gasteiger partial charge in [0.05, 0.1) is 15.4 Å². The molecular formula is C14H19N3O4. The van der Waals surface area contributed by atoms with Gasteiger partial charge in [0.1, 0.15) is 0 Å². The summed E-state index contributed by atoms with van der Waals surface area (Å²) in [6, 6.07) is 4.11. The predicted molar refractivity (Wildman–Crippen MR) is 80.9 cm³/mol. The van der Waals surface area contributed by atoms with Crippen LogP contribution in [0.5, 0.6) is 0 Å². The number of nitrogens with zero attached hydrogens (tertiary/aromatic N) is 3. The number of hydrogen-bond donors (Lipinski definition) is 0. The van der Waals surface area contributed by atoms with Crippen molar-refractivity contribution >= 4 is 17.5 Å². The lowest BCUT2D eigenvalue weighted by Gasteiger charge is -2.18. The zero-order valence-electron chi connectivity index (χ0n) is 12.2. The first-order valence-electron chi connectivity index (χ1n) is 6.85. The lowest BCUT2D eigenvalue weighted by Crippen LogP contribution is -2.18. The third-order valence-corrected chi connectivity index (χ3v) is 2.91. The van der Waals surface area contributed by atoms with Crippen LogP contribution in [0.2, 0.25) is 0 Å². The highest BCUT2D eigenvalue weighted by Gasteiger charge is 2.26. The van der Waals surface area contributed by atoms with Crippen molar-refractivity contribution in [2.75, 3.05) is 13.1 Å². The lowest BCUT2D eigenvalue weighted by atomic mass is 10.1. The van der Waals surface area contributed by atoms with Crippen LogP contribution < -0.4 is 0 Å². The SMILES string of the molecule is CCCN(C=Cc1cccc([N+](=O)[O-])c1[N+](=O)[O-])CCC. The van der Waals surface area contributed by atoms with E-state index in [1.165, 1.54) is 12.1 Å². The molecule has 1 rings (SSSR count). The molecule has 0 saturated heterocycles. The molecule has 0 radical (unpaired) electrons. The van der Waals surface area contributed by atoms with Crippen molar-refractivity contribution in [1.82, 2.24) is 4.90 Å². The molecule has 0 N–H and O–H groups in total. The molecule has 7 heteroatoms. The Kier molecular flexibility index (Phi) is 6.32. The first-order valence-corrected chi connectivity index (χ1v) is 6.85. The van der Waals surface area contributed by atoms with Gasteiger partial charge in [-0.3, -0.25) is 20.2 Å². The third kappa shape index (κ3) is 4.55. The van der Waals surface area contributed by atoms with Gasteiger partial charge in [-0.2, -0.15) is 0 Å². The largest absolute Gasteiger partial charge is 0.377 e. The van der Waals surface area contributed by atoms with E-state index in [1.54, 1.807) is 12.3 Å². The number of benzene rings is 1. The highest BCUT2D eigenvalue weighted by Crippen LogP contribution is 2.31. The van der Waals surface area contributed by atoms with Crippen LogP contribution in [-0.4, -0.2) is 27.8 Å². The molecular weight excluding hydrogens is 274 g/mol. The summed E-state index contributed by atoms with van der Waals surface area (Å²) in [5, 5.41) is 22.0. The number of hydrogen-bond acceptors (Lipinski definition) is 5. The van der Waals surface area contributed by atoms with Gasteiger partial charge in [0, 0.05) is 19.2 Å². The van der Waals surface area contributed by atoms with Crippen molar-refractivity contribution in [3.05, 3.63) is 50.2 Å². The molecule has 21 heavy (non-hydrogen) atoms. The van der Waals surface area contributed by atoms with Crippen LogP contribution in [0.1, 0.15) is 32.3 Å². The minimum atomic E-state index is -0.731. The average molecular weight is 293 g/mol. The highest BCUT2D eigenvalue weighted by molar-refractivity contribution is 5.69. The van der Waals surface area contributed by atoms with E-state index >= 15 is 0 Å². The maximum Gasteiger partial charge on any atom is 0.353 e. The van der Waals surface area contributed by atoms with Crippen molar-refractivity contribution in [1.29, 1.82) is 0 Å². The fourth-order valence-electron chi connectivity index (χ4n) is 2.05. The maximum atomic E-state index is 11.1. The van der Waals surface area contributed by atoms with E-state index in [0.29, 0.717) is 0 Å². The van der Waals surface area contributed by atoms with Crippen molar-refractivity contribution in [2.45, 2.75) is 26.7 Å². The fraction of sp³-hybridized carbons (Fsp3) is 0.429. The minimum Gasteiger partial charge on any atom is -0.377 e. The Balaban J connectivity index is 3.15. The van der Waals surface area contributed by atoms with Crippen LogP contribution in [0.4, 0.5) is 11.4 Å². The second kappa shape index (κ2) is 7.98. The molecule has 1 aromatic rings. The van der Waals surface area contributed by atoms with E-state index in [4.69, 9.17) is 0 Å². The van der Waals surface area contributed by atoms with Gasteiger partial charge >= 0.3 is 11.4 Å². The monoisotopic (exact) mass is 293 g/mol. The van der Waals surface area contributed by atoms with E-state index in [-0.39, 0.29) is 5.56 Å². The number of para-hydroxylation sites is 1. The van der Waals surface area contributed by atoms with Gasteiger partial charge in [0.25, 0.3) is 0 Å². The molecule has 0 aliphatic carbocycles. The second-order valence-electron chi connectivity index (χ2n) is 4.58. The summed E-state index contributed by atoms with van der Waals surface area (Å²) in [5.74, 6) is 0. The first-order chi connectivity index (χ1) is 10.0. The molecule has 0 aliphatic heterocycles. The molecule has 0 spiro atoms. The summed E-state index contributed by atoms with van der Waals surface area (Å²) in [6.45, 7) is 5.78. The van der Waals surface area contributed by atoms with Crippen molar-refractivity contribution < 1.29 is 9.85 Å². The van der Waals surface area contributed by atoms with E-state index in [0.717, 1.165) is 32.0 Å². The summed E-state index contributed by atoms with van der Waals surface area (Å²) in [6.07, 6.45) is 5.25. The summed E-state index contributed by atoms with van der Waals surface area (Å²) in [7, 11) is 0. The van der Waals surface area contributed by atoms with Crippen LogP contribution >= 0.6 is 0 Å². The van der Waals surface area contributed by atoms with Gasteiger partial charge in [-0.05, 0) is 31.2 Å². The molecule has 1 aromatic carbocycles. The standard InChI is InChI=1S/C14H19N3O4/c1-3-9-15(10-4-2)11-8-12-6-5-7-13(16(18)19)14(12)17(20)21/h5-8,11H,3-4,9-10H2,1-2H3. The van der Waals surface area contributed by atoms with E-state index in [1.807, 2.05) is 18.7 Å². The first kappa shape index (κ1) is 16.6. The smallest absolute Gasteiger partial charge is 0.353 e. The van der Waals surface area contributed by atoms with Crippen LogP contribution in [-0.2, 0) is 0 Å². The topological polar surface area (TPSA) is 89.5 Å². The van der Waals surface area contributed by atoms with Crippen molar-refractivity contribution in [3.63, 3.8) is 0 Å². The Morgan fingerprint density at radius 1 is 1.10 bits per heavy atom. The summed E-state index contributed by atoms with van der Waals surface area (Å²) in [4.78, 5) is 22.6. The van der Waals surface area contributed by atoms with E-state index in [9.17, 15) is 20.2 Å². The van der Waals surface area contributed by atoms with Gasteiger partial charge in [0.2, 0.25) is 0 Å². The third-order valence-electron chi connectivity index (χ3n) is 2.91. The van der Waals surface area contributed by atoms with E-state index in [2.05, 4.69) is 0 Å². The average Bonchev–Trinajstić information content (AvgIpc) is 2.44. The van der Waals surface area contributed by atoms with Gasteiger partial charge < -0.3 is 4.90 Å². The second-order valence-corrected chi connectivity index (χ2v) is 4.58. The quantitative estimate of drug-likeness (QED) is 0.539. The van der Waals surface area contributed by atoms with Gasteiger partial charge in [0.15, 0.2) is 0 Å². The van der Waals surface area contributed by atoms with Crippen molar-refractivity contribution in [2.24, 2.45) is 0 Å². The zero-order valence-corrected chi connectivity index (χ0v) is 12.2. The molecule has 0 saturated carbocycles. The number of nitro groups is 2. The van der Waals surface area contributed by atoms with Crippen LogP contribution in [0.3, 0.4) is 0 Å². The maximum absolute atomic E-state index is 11.1. The Hall–Kier alpha value is -2.44. The molecule has 0 aromatic heterocycles. The molecule has 0 heterocycles. The van der Waals surface area contributed by atoms with Crippen molar-refractivity contribution in [3.8, 4) is 0 Å². The van der Waals surface area contributed by atoms with E-state index < -0.39 is 21.2 Å². The lowest BCUT2D eigenvalue weighted by molar-refractivity contribution is -0.422. The zero-order chi connectivity index (χ0) is 15.8. The van der Waals surface area contributed by atoms with Crippen LogP contribution in [0.25, 0.3) is 6.08 Å². The molecule has 0 unspecified atom stereocenters. The molecule has 0 aliphatic rings. The predicted octanol–water partition coefficient (Wildman–Crippen LogP) is 3.60. The Bertz CT molecular complexity index is 537. The minimum absolute atomic E-state index is 0.242.